The summed E-state index contributed by atoms with van der Waals surface area (Å²) in [6.07, 6.45) is -5.08. The fraction of sp³-hybridized carbons (Fsp3) is 0.125. The van der Waals surface area contributed by atoms with E-state index in [-0.39, 0.29) is 5.75 Å². The molecule has 0 heterocycles. The summed E-state index contributed by atoms with van der Waals surface area (Å²) in [5.74, 6) is -2.51. The number of benzene rings is 1. The van der Waals surface area contributed by atoms with Crippen LogP contribution < -0.4 is 5.73 Å². The Labute approximate surface area is 82.8 Å². The number of halogens is 3. The van der Waals surface area contributed by atoms with E-state index in [1.54, 1.807) is 24.3 Å². The average molecular weight is 223 g/mol. The van der Waals surface area contributed by atoms with Crippen molar-refractivity contribution >= 4 is 11.7 Å². The standard InChI is InChI=1S/C6H7NO.C2HF3O2/c7-5-1-3-6(8)4-2-5;3-2(4,5)1(6)7/h1-4,8H,7H2;(H,6,7). The molecule has 4 nitrogen and oxygen atoms in total. The van der Waals surface area contributed by atoms with Crippen molar-refractivity contribution in [3.05, 3.63) is 24.3 Å². The molecule has 0 atom stereocenters. The maximum atomic E-state index is 10.6. The van der Waals surface area contributed by atoms with Crippen LogP contribution in [0.2, 0.25) is 0 Å². The van der Waals surface area contributed by atoms with Crippen LogP contribution in [0.5, 0.6) is 5.75 Å². The third-order valence-electron chi connectivity index (χ3n) is 1.14. The quantitative estimate of drug-likeness (QED) is 0.460. The van der Waals surface area contributed by atoms with E-state index >= 15 is 0 Å². The van der Waals surface area contributed by atoms with Gasteiger partial charge in [0, 0.05) is 5.69 Å². The SMILES string of the molecule is Nc1ccc(O)cc1.O=C(O)C(F)(F)F. The molecule has 0 saturated heterocycles. The number of aliphatic carboxylic acids is 1. The number of rotatable bonds is 0. The van der Waals surface area contributed by atoms with Crippen molar-refractivity contribution in [3.8, 4) is 5.75 Å². The number of alkyl halides is 3. The molecule has 1 aromatic carbocycles. The van der Waals surface area contributed by atoms with Crippen molar-refractivity contribution in [2.45, 2.75) is 6.18 Å². The Bertz CT molecular complexity index is 300. The molecule has 0 radical (unpaired) electrons. The highest BCUT2D eigenvalue weighted by atomic mass is 19.4. The number of carbonyl (C=O) groups is 1. The van der Waals surface area contributed by atoms with E-state index in [4.69, 9.17) is 20.7 Å². The van der Waals surface area contributed by atoms with Gasteiger partial charge >= 0.3 is 12.1 Å². The Morgan fingerprint density at radius 2 is 1.53 bits per heavy atom. The molecule has 84 valence electrons. The van der Waals surface area contributed by atoms with Gasteiger partial charge in [-0.25, -0.2) is 4.79 Å². The van der Waals surface area contributed by atoms with Gasteiger partial charge in [0.05, 0.1) is 0 Å². The number of nitrogen functional groups attached to an aromatic ring is 1. The lowest BCUT2D eigenvalue weighted by Gasteiger charge is -1.93. The number of aromatic hydroxyl groups is 1. The molecule has 4 N–H and O–H groups in total. The van der Waals surface area contributed by atoms with E-state index in [2.05, 4.69) is 0 Å². The van der Waals surface area contributed by atoms with Crippen molar-refractivity contribution in [1.29, 1.82) is 0 Å². The second-order valence-electron chi connectivity index (χ2n) is 2.39. The summed E-state index contributed by atoms with van der Waals surface area (Å²) in [4.78, 5) is 8.90. The summed E-state index contributed by atoms with van der Waals surface area (Å²) in [6.45, 7) is 0. The lowest BCUT2D eigenvalue weighted by atomic mass is 10.3. The first-order valence-corrected chi connectivity index (χ1v) is 3.58. The monoisotopic (exact) mass is 223 g/mol. The molecule has 0 saturated carbocycles. The third kappa shape index (κ3) is 6.19. The zero-order valence-electron chi connectivity index (χ0n) is 7.32. The van der Waals surface area contributed by atoms with Gasteiger partial charge in [0.15, 0.2) is 0 Å². The summed E-state index contributed by atoms with van der Waals surface area (Å²) in [7, 11) is 0. The van der Waals surface area contributed by atoms with Crippen LogP contribution in [0.1, 0.15) is 0 Å². The summed E-state index contributed by atoms with van der Waals surface area (Å²) in [5, 5.41) is 15.8. The van der Waals surface area contributed by atoms with E-state index in [1.165, 1.54) is 0 Å². The van der Waals surface area contributed by atoms with Gasteiger partial charge in [0.25, 0.3) is 0 Å². The maximum Gasteiger partial charge on any atom is 0.490 e. The van der Waals surface area contributed by atoms with Gasteiger partial charge in [-0.1, -0.05) is 0 Å². The molecule has 7 heteroatoms. The van der Waals surface area contributed by atoms with Gasteiger partial charge in [-0.05, 0) is 24.3 Å². The minimum atomic E-state index is -5.08. The van der Waals surface area contributed by atoms with Gasteiger partial charge in [-0.3, -0.25) is 0 Å². The van der Waals surface area contributed by atoms with E-state index < -0.39 is 12.1 Å². The predicted molar refractivity (Wildman–Crippen MR) is 46.2 cm³/mol. The fourth-order valence-corrected chi connectivity index (χ4v) is 0.474. The van der Waals surface area contributed by atoms with Gasteiger partial charge in [0.1, 0.15) is 5.75 Å². The second-order valence-corrected chi connectivity index (χ2v) is 2.39. The smallest absolute Gasteiger partial charge is 0.490 e. The predicted octanol–water partition coefficient (Wildman–Crippen LogP) is 1.61. The van der Waals surface area contributed by atoms with Crippen LogP contribution in [0, 0.1) is 0 Å². The Kier molecular flexibility index (Phi) is 4.43. The number of carboxylic acids is 1. The molecule has 0 aliphatic rings. The third-order valence-corrected chi connectivity index (χ3v) is 1.14. The van der Waals surface area contributed by atoms with E-state index in [0.717, 1.165) is 0 Å². The lowest BCUT2D eigenvalue weighted by Crippen LogP contribution is -2.21. The van der Waals surface area contributed by atoms with Gasteiger partial charge in [0.2, 0.25) is 0 Å². The first kappa shape index (κ1) is 13.1. The van der Waals surface area contributed by atoms with Crippen LogP contribution in [0.15, 0.2) is 24.3 Å². The number of nitrogens with two attached hydrogens (primary N) is 1. The molecule has 0 unspecified atom stereocenters. The Hall–Kier alpha value is -1.92. The molecule has 0 fully saturated rings. The topological polar surface area (TPSA) is 83.5 Å². The van der Waals surface area contributed by atoms with Crippen LogP contribution in [0.25, 0.3) is 0 Å². The molecular weight excluding hydrogens is 215 g/mol. The fourth-order valence-electron chi connectivity index (χ4n) is 0.474. The van der Waals surface area contributed by atoms with Crippen molar-refractivity contribution in [2.24, 2.45) is 0 Å². The molecule has 1 aromatic rings. The van der Waals surface area contributed by atoms with Gasteiger partial charge < -0.3 is 15.9 Å². The van der Waals surface area contributed by atoms with Crippen LogP contribution >= 0.6 is 0 Å². The first-order chi connectivity index (χ1) is 6.73. The number of hydrogen-bond donors (Lipinski definition) is 3. The van der Waals surface area contributed by atoms with Crippen molar-refractivity contribution in [1.82, 2.24) is 0 Å². The molecule has 0 bridgehead atoms. The highest BCUT2D eigenvalue weighted by Gasteiger charge is 2.38. The van der Waals surface area contributed by atoms with Crippen molar-refractivity contribution in [3.63, 3.8) is 0 Å². The molecule has 15 heavy (non-hydrogen) atoms. The number of anilines is 1. The molecule has 0 amide bonds. The van der Waals surface area contributed by atoms with Crippen LogP contribution in [0.4, 0.5) is 18.9 Å². The second kappa shape index (κ2) is 5.08. The van der Waals surface area contributed by atoms with Crippen molar-refractivity contribution < 1.29 is 28.2 Å². The molecule has 0 spiro atoms. The number of carboxylic acid groups (broad SMARTS) is 1. The number of phenols is 1. The zero-order chi connectivity index (χ0) is 12.1. The molecule has 0 aliphatic carbocycles. The van der Waals surface area contributed by atoms with Gasteiger partial charge in [-0.15, -0.1) is 0 Å². The van der Waals surface area contributed by atoms with Crippen LogP contribution in [-0.4, -0.2) is 22.4 Å². The lowest BCUT2D eigenvalue weighted by molar-refractivity contribution is -0.192. The summed E-state index contributed by atoms with van der Waals surface area (Å²) >= 11 is 0. The Balaban J connectivity index is 0.000000265. The maximum absolute atomic E-state index is 10.6. The molecule has 0 aliphatic heterocycles. The van der Waals surface area contributed by atoms with Gasteiger partial charge in [-0.2, -0.15) is 13.2 Å². The highest BCUT2D eigenvalue weighted by Crippen LogP contribution is 2.13. The Morgan fingerprint density at radius 1 is 1.20 bits per heavy atom. The minimum Gasteiger partial charge on any atom is -0.508 e. The van der Waals surface area contributed by atoms with Crippen LogP contribution in [-0.2, 0) is 4.79 Å². The Morgan fingerprint density at radius 3 is 1.73 bits per heavy atom. The van der Waals surface area contributed by atoms with E-state index in [1.807, 2.05) is 0 Å². The zero-order valence-corrected chi connectivity index (χ0v) is 7.32. The largest absolute Gasteiger partial charge is 0.508 e. The van der Waals surface area contributed by atoms with Crippen molar-refractivity contribution in [2.75, 3.05) is 5.73 Å². The van der Waals surface area contributed by atoms with E-state index in [0.29, 0.717) is 5.69 Å². The molecular formula is C8H8F3NO3. The molecule has 1 rings (SSSR count). The molecule has 0 aromatic heterocycles. The highest BCUT2D eigenvalue weighted by molar-refractivity contribution is 5.73. The van der Waals surface area contributed by atoms with Crippen LogP contribution in [0.3, 0.4) is 0 Å². The number of hydrogen-bond acceptors (Lipinski definition) is 3. The summed E-state index contributed by atoms with van der Waals surface area (Å²) < 4.78 is 31.7. The summed E-state index contributed by atoms with van der Waals surface area (Å²) in [6, 6.07) is 6.40. The average Bonchev–Trinajstić information content (AvgIpc) is 2.09. The normalized spacial score (nSPS) is 10.1. The summed E-state index contributed by atoms with van der Waals surface area (Å²) in [5.41, 5.74) is 5.98. The first-order valence-electron chi connectivity index (χ1n) is 3.58. The number of phenolic OH excluding ortho intramolecular Hbond substituents is 1. The van der Waals surface area contributed by atoms with E-state index in [9.17, 15) is 13.2 Å². The minimum absolute atomic E-state index is 0.249.